The Bertz CT molecular complexity index is 938. The molecule has 7 nitrogen and oxygen atoms in total. The highest BCUT2D eigenvalue weighted by Crippen LogP contribution is 2.24. The summed E-state index contributed by atoms with van der Waals surface area (Å²) in [6.45, 7) is 4.24. The van der Waals surface area contributed by atoms with Crippen LogP contribution in [0.5, 0.6) is 0 Å². The summed E-state index contributed by atoms with van der Waals surface area (Å²) in [6, 6.07) is 11.0. The number of aromatic nitrogens is 3. The van der Waals surface area contributed by atoms with Gasteiger partial charge in [0.15, 0.2) is 0 Å². The minimum atomic E-state index is -0.0716. The zero-order chi connectivity index (χ0) is 19.9. The van der Waals surface area contributed by atoms with Crippen LogP contribution in [-0.4, -0.2) is 45.8 Å². The largest absolute Gasteiger partial charge is 0.397 e. The van der Waals surface area contributed by atoms with E-state index in [0.717, 1.165) is 17.7 Å². The molecule has 2 aromatic heterocycles. The van der Waals surface area contributed by atoms with Crippen molar-refractivity contribution in [3.05, 3.63) is 66.1 Å². The summed E-state index contributed by atoms with van der Waals surface area (Å²) in [4.78, 5) is 19.3. The van der Waals surface area contributed by atoms with Crippen molar-refractivity contribution in [1.82, 2.24) is 19.7 Å². The second kappa shape index (κ2) is 9.14. The van der Waals surface area contributed by atoms with Crippen LogP contribution in [0.15, 0.2) is 55.0 Å². The summed E-state index contributed by atoms with van der Waals surface area (Å²) in [5, 5.41) is 4.29. The lowest BCUT2D eigenvalue weighted by Crippen LogP contribution is -2.33. The Kier molecular flexibility index (Phi) is 6.39. The van der Waals surface area contributed by atoms with Crippen LogP contribution in [0.2, 0.25) is 0 Å². The first-order chi connectivity index (χ1) is 13.6. The monoisotopic (exact) mass is 379 g/mol. The molecule has 1 amide bonds. The SMILES string of the molecule is CCn1cc(CN(CCOC)C(=O)c2cccc(-c3ncccc3N)c2)cn1. The smallest absolute Gasteiger partial charge is 0.254 e. The number of benzene rings is 1. The van der Waals surface area contributed by atoms with Crippen LogP contribution < -0.4 is 5.73 Å². The molecule has 2 heterocycles. The van der Waals surface area contributed by atoms with E-state index >= 15 is 0 Å². The Balaban J connectivity index is 1.85. The van der Waals surface area contributed by atoms with Crippen LogP contribution in [0.3, 0.4) is 0 Å². The standard InChI is InChI=1S/C21H25N5O2/c1-3-26-15-16(13-24-26)14-25(10-11-28-2)21(27)18-7-4-6-17(12-18)20-19(22)8-5-9-23-20/h4-9,12-13,15H,3,10-11,14,22H2,1-2H3. The Morgan fingerprint density at radius 1 is 1.29 bits per heavy atom. The van der Waals surface area contributed by atoms with E-state index in [9.17, 15) is 4.79 Å². The first-order valence-corrected chi connectivity index (χ1v) is 9.22. The highest BCUT2D eigenvalue weighted by Gasteiger charge is 2.18. The van der Waals surface area contributed by atoms with Crippen molar-refractivity contribution in [3.8, 4) is 11.3 Å². The number of hydrogen-bond donors (Lipinski definition) is 1. The molecule has 3 rings (SSSR count). The highest BCUT2D eigenvalue weighted by atomic mass is 16.5. The normalized spacial score (nSPS) is 10.8. The van der Waals surface area contributed by atoms with Crippen molar-refractivity contribution < 1.29 is 9.53 Å². The maximum Gasteiger partial charge on any atom is 0.254 e. The molecule has 0 radical (unpaired) electrons. The number of aryl methyl sites for hydroxylation is 1. The van der Waals surface area contributed by atoms with E-state index in [1.54, 1.807) is 42.6 Å². The molecular formula is C21H25N5O2. The van der Waals surface area contributed by atoms with Gasteiger partial charge in [0, 0.05) is 55.8 Å². The minimum Gasteiger partial charge on any atom is -0.397 e. The Hall–Kier alpha value is -3.19. The Morgan fingerprint density at radius 3 is 2.86 bits per heavy atom. The number of carbonyl (C=O) groups is 1. The number of nitrogens with two attached hydrogens (primary N) is 1. The minimum absolute atomic E-state index is 0.0716. The van der Waals surface area contributed by atoms with Crippen molar-refractivity contribution in [2.24, 2.45) is 0 Å². The van der Waals surface area contributed by atoms with E-state index in [-0.39, 0.29) is 5.91 Å². The number of nitrogen functional groups attached to an aromatic ring is 1. The first kappa shape index (κ1) is 19.6. The van der Waals surface area contributed by atoms with E-state index in [1.807, 2.05) is 36.0 Å². The second-order valence-electron chi connectivity index (χ2n) is 6.45. The van der Waals surface area contributed by atoms with E-state index in [1.165, 1.54) is 0 Å². The van der Waals surface area contributed by atoms with Crippen molar-refractivity contribution in [2.45, 2.75) is 20.0 Å². The van der Waals surface area contributed by atoms with Crippen molar-refractivity contribution in [3.63, 3.8) is 0 Å². The average Bonchev–Trinajstić information content (AvgIpc) is 3.18. The number of pyridine rings is 1. The van der Waals surface area contributed by atoms with Gasteiger partial charge in [0.25, 0.3) is 5.91 Å². The summed E-state index contributed by atoms with van der Waals surface area (Å²) in [5.41, 5.74) is 9.67. The van der Waals surface area contributed by atoms with E-state index in [0.29, 0.717) is 36.6 Å². The lowest BCUT2D eigenvalue weighted by molar-refractivity contribution is 0.0680. The maximum atomic E-state index is 13.2. The van der Waals surface area contributed by atoms with E-state index in [4.69, 9.17) is 10.5 Å². The van der Waals surface area contributed by atoms with Gasteiger partial charge in [0.1, 0.15) is 0 Å². The van der Waals surface area contributed by atoms with Gasteiger partial charge in [-0.15, -0.1) is 0 Å². The van der Waals surface area contributed by atoms with Gasteiger partial charge in [-0.2, -0.15) is 5.10 Å². The summed E-state index contributed by atoms with van der Waals surface area (Å²) in [7, 11) is 1.63. The quantitative estimate of drug-likeness (QED) is 0.650. The van der Waals surface area contributed by atoms with Gasteiger partial charge in [-0.1, -0.05) is 12.1 Å². The molecular weight excluding hydrogens is 354 g/mol. The van der Waals surface area contributed by atoms with Gasteiger partial charge < -0.3 is 15.4 Å². The molecule has 0 aliphatic carbocycles. The van der Waals surface area contributed by atoms with Gasteiger partial charge in [0.05, 0.1) is 24.2 Å². The number of nitrogens with zero attached hydrogens (tertiary/aromatic N) is 4. The lowest BCUT2D eigenvalue weighted by Gasteiger charge is -2.22. The van der Waals surface area contributed by atoms with Crippen molar-refractivity contribution in [1.29, 1.82) is 0 Å². The summed E-state index contributed by atoms with van der Waals surface area (Å²) in [6.07, 6.45) is 5.44. The number of amides is 1. The van der Waals surface area contributed by atoms with Gasteiger partial charge in [0.2, 0.25) is 0 Å². The number of carbonyl (C=O) groups excluding carboxylic acids is 1. The first-order valence-electron chi connectivity index (χ1n) is 9.22. The van der Waals surface area contributed by atoms with Crippen LogP contribution in [-0.2, 0) is 17.8 Å². The fourth-order valence-corrected chi connectivity index (χ4v) is 2.98. The number of rotatable bonds is 8. The molecule has 0 bridgehead atoms. The molecule has 0 saturated carbocycles. The van der Waals surface area contributed by atoms with E-state index in [2.05, 4.69) is 10.1 Å². The van der Waals surface area contributed by atoms with Crippen molar-refractivity contribution in [2.75, 3.05) is 26.0 Å². The number of methoxy groups -OCH3 is 1. The molecule has 7 heteroatoms. The van der Waals surface area contributed by atoms with Crippen LogP contribution in [0, 0.1) is 0 Å². The average molecular weight is 379 g/mol. The third-order valence-corrected chi connectivity index (χ3v) is 4.46. The third kappa shape index (κ3) is 4.55. The predicted molar refractivity (Wildman–Crippen MR) is 109 cm³/mol. The molecule has 0 spiro atoms. The molecule has 146 valence electrons. The van der Waals surface area contributed by atoms with E-state index < -0.39 is 0 Å². The zero-order valence-corrected chi connectivity index (χ0v) is 16.2. The number of hydrogen-bond acceptors (Lipinski definition) is 5. The topological polar surface area (TPSA) is 86.3 Å². The lowest BCUT2D eigenvalue weighted by atomic mass is 10.1. The highest BCUT2D eigenvalue weighted by molar-refractivity contribution is 5.95. The fraction of sp³-hybridized carbons (Fsp3) is 0.286. The molecule has 1 aromatic carbocycles. The molecule has 0 aliphatic rings. The van der Waals surface area contributed by atoms with Crippen LogP contribution in [0.4, 0.5) is 5.69 Å². The molecule has 0 saturated heterocycles. The third-order valence-electron chi connectivity index (χ3n) is 4.46. The Labute approximate surface area is 164 Å². The van der Waals surface area contributed by atoms with Crippen LogP contribution in [0.25, 0.3) is 11.3 Å². The van der Waals surface area contributed by atoms with Gasteiger partial charge in [-0.05, 0) is 31.2 Å². The number of anilines is 1. The molecule has 28 heavy (non-hydrogen) atoms. The Morgan fingerprint density at radius 2 is 2.14 bits per heavy atom. The van der Waals surface area contributed by atoms with Crippen LogP contribution >= 0.6 is 0 Å². The molecule has 0 fully saturated rings. The summed E-state index contributed by atoms with van der Waals surface area (Å²) in [5.74, 6) is -0.0716. The molecule has 2 N–H and O–H groups in total. The molecule has 3 aromatic rings. The summed E-state index contributed by atoms with van der Waals surface area (Å²) >= 11 is 0. The number of ether oxygens (including phenoxy) is 1. The predicted octanol–water partition coefficient (Wildman–Crippen LogP) is 2.84. The van der Waals surface area contributed by atoms with Gasteiger partial charge in [-0.25, -0.2) is 0 Å². The molecule has 0 atom stereocenters. The van der Waals surface area contributed by atoms with Crippen LogP contribution in [0.1, 0.15) is 22.8 Å². The summed E-state index contributed by atoms with van der Waals surface area (Å²) < 4.78 is 7.04. The van der Waals surface area contributed by atoms with Gasteiger partial charge in [-0.3, -0.25) is 14.5 Å². The van der Waals surface area contributed by atoms with Crippen molar-refractivity contribution >= 4 is 11.6 Å². The van der Waals surface area contributed by atoms with Gasteiger partial charge >= 0.3 is 0 Å². The molecule has 0 unspecified atom stereocenters. The zero-order valence-electron chi connectivity index (χ0n) is 16.2. The fourth-order valence-electron chi connectivity index (χ4n) is 2.98. The maximum absolute atomic E-state index is 13.2. The molecule has 0 aliphatic heterocycles. The second-order valence-corrected chi connectivity index (χ2v) is 6.45.